The van der Waals surface area contributed by atoms with Crippen LogP contribution in [0.25, 0.3) is 0 Å². The number of hydrogen-bond acceptors (Lipinski definition) is 2. The van der Waals surface area contributed by atoms with E-state index >= 15 is 0 Å². The summed E-state index contributed by atoms with van der Waals surface area (Å²) in [5, 5.41) is 0. The molecule has 82 valence electrons. The summed E-state index contributed by atoms with van der Waals surface area (Å²) >= 11 is 0. The Kier molecular flexibility index (Phi) is 2.98. The molecule has 0 aliphatic carbocycles. The number of hydrogen-bond donors (Lipinski definition) is 1. The Hall–Kier alpha value is -1.00. The lowest BCUT2D eigenvalue weighted by molar-refractivity contribution is 0.345. The first kappa shape index (κ1) is 10.5. The van der Waals surface area contributed by atoms with Crippen LogP contribution in [0.2, 0.25) is 0 Å². The predicted molar refractivity (Wildman–Crippen MR) is 54.3 cm³/mol. The fraction of sp³-hybridized carbons (Fsp3) is 0.455. The molecule has 0 spiro atoms. The van der Waals surface area contributed by atoms with Gasteiger partial charge >= 0.3 is 0 Å². The molecule has 1 aliphatic rings. The van der Waals surface area contributed by atoms with Crippen LogP contribution in [0.4, 0.5) is 8.78 Å². The lowest BCUT2D eigenvalue weighted by Gasteiger charge is -2.13. The van der Waals surface area contributed by atoms with Gasteiger partial charge in [0.2, 0.25) is 0 Å². The second-order valence-electron chi connectivity index (χ2n) is 3.92. The highest BCUT2D eigenvalue weighted by Crippen LogP contribution is 2.27. The van der Waals surface area contributed by atoms with E-state index in [0.717, 1.165) is 25.1 Å². The SMILES string of the molecule is NCN1CCC(c2ccc(F)c(F)c2)C1. The largest absolute Gasteiger partial charge is 0.318 e. The zero-order chi connectivity index (χ0) is 10.8. The van der Waals surface area contributed by atoms with Gasteiger partial charge in [0.15, 0.2) is 11.6 Å². The molecular formula is C11H14F2N2. The maximum Gasteiger partial charge on any atom is 0.159 e. The molecule has 2 rings (SSSR count). The number of nitrogens with zero attached hydrogens (tertiary/aromatic N) is 1. The van der Waals surface area contributed by atoms with Crippen LogP contribution in [0.1, 0.15) is 17.9 Å². The predicted octanol–water partition coefficient (Wildman–Crippen LogP) is 1.67. The number of benzene rings is 1. The molecule has 1 fully saturated rings. The summed E-state index contributed by atoms with van der Waals surface area (Å²) in [5.41, 5.74) is 6.39. The second-order valence-corrected chi connectivity index (χ2v) is 3.92. The summed E-state index contributed by atoms with van der Waals surface area (Å²) in [7, 11) is 0. The van der Waals surface area contributed by atoms with Gasteiger partial charge in [-0.05, 0) is 30.0 Å². The minimum Gasteiger partial charge on any atom is -0.318 e. The van der Waals surface area contributed by atoms with Crippen molar-refractivity contribution in [2.24, 2.45) is 5.73 Å². The fourth-order valence-corrected chi connectivity index (χ4v) is 2.04. The first-order chi connectivity index (χ1) is 7.20. The monoisotopic (exact) mass is 212 g/mol. The van der Waals surface area contributed by atoms with Crippen molar-refractivity contribution in [3.63, 3.8) is 0 Å². The Bertz CT molecular complexity index is 354. The van der Waals surface area contributed by atoms with Crippen LogP contribution >= 0.6 is 0 Å². The van der Waals surface area contributed by atoms with Gasteiger partial charge in [-0.15, -0.1) is 0 Å². The first-order valence-electron chi connectivity index (χ1n) is 5.08. The van der Waals surface area contributed by atoms with Gasteiger partial charge in [-0.25, -0.2) is 8.78 Å². The molecule has 4 heteroatoms. The molecule has 1 aromatic rings. The molecule has 0 radical (unpaired) electrons. The molecule has 1 atom stereocenters. The van der Waals surface area contributed by atoms with Gasteiger partial charge in [0.25, 0.3) is 0 Å². The average Bonchev–Trinajstić information content (AvgIpc) is 2.70. The van der Waals surface area contributed by atoms with Gasteiger partial charge in [-0.2, -0.15) is 0 Å². The van der Waals surface area contributed by atoms with Crippen LogP contribution in [0.3, 0.4) is 0 Å². The summed E-state index contributed by atoms with van der Waals surface area (Å²) < 4.78 is 25.7. The highest BCUT2D eigenvalue weighted by atomic mass is 19.2. The Morgan fingerprint density at radius 3 is 2.73 bits per heavy atom. The van der Waals surface area contributed by atoms with Gasteiger partial charge in [0.05, 0.1) is 0 Å². The van der Waals surface area contributed by atoms with Crippen LogP contribution < -0.4 is 5.73 Å². The Labute approximate surface area is 87.7 Å². The van der Waals surface area contributed by atoms with E-state index in [1.54, 1.807) is 6.07 Å². The van der Waals surface area contributed by atoms with Crippen LogP contribution in [0.5, 0.6) is 0 Å². The number of rotatable bonds is 2. The maximum atomic E-state index is 13.0. The Morgan fingerprint density at radius 1 is 1.33 bits per heavy atom. The van der Waals surface area contributed by atoms with Crippen molar-refractivity contribution in [3.05, 3.63) is 35.4 Å². The number of halogens is 2. The van der Waals surface area contributed by atoms with E-state index < -0.39 is 11.6 Å². The van der Waals surface area contributed by atoms with Crippen molar-refractivity contribution < 1.29 is 8.78 Å². The van der Waals surface area contributed by atoms with Crippen LogP contribution in [0, 0.1) is 11.6 Å². The van der Waals surface area contributed by atoms with E-state index in [9.17, 15) is 8.78 Å². The average molecular weight is 212 g/mol. The third-order valence-corrected chi connectivity index (χ3v) is 2.95. The molecule has 0 aromatic heterocycles. The third kappa shape index (κ3) is 2.16. The topological polar surface area (TPSA) is 29.3 Å². The zero-order valence-corrected chi connectivity index (χ0v) is 8.42. The quantitative estimate of drug-likeness (QED) is 0.808. The van der Waals surface area contributed by atoms with E-state index in [-0.39, 0.29) is 5.92 Å². The highest BCUT2D eigenvalue weighted by Gasteiger charge is 2.23. The lowest BCUT2D eigenvalue weighted by Crippen LogP contribution is -2.27. The van der Waals surface area contributed by atoms with Crippen molar-refractivity contribution in [2.45, 2.75) is 12.3 Å². The Morgan fingerprint density at radius 2 is 2.13 bits per heavy atom. The molecule has 0 amide bonds. The molecule has 1 aliphatic heterocycles. The molecule has 0 bridgehead atoms. The summed E-state index contributed by atoms with van der Waals surface area (Å²) in [6.07, 6.45) is 0.961. The number of likely N-dealkylation sites (tertiary alicyclic amines) is 1. The maximum absolute atomic E-state index is 13.0. The summed E-state index contributed by atoms with van der Waals surface area (Å²) in [5.74, 6) is -1.27. The summed E-state index contributed by atoms with van der Waals surface area (Å²) in [4.78, 5) is 2.10. The lowest BCUT2D eigenvalue weighted by atomic mass is 9.98. The highest BCUT2D eigenvalue weighted by molar-refractivity contribution is 5.23. The third-order valence-electron chi connectivity index (χ3n) is 2.95. The van der Waals surface area contributed by atoms with Crippen molar-refractivity contribution >= 4 is 0 Å². The van der Waals surface area contributed by atoms with Crippen molar-refractivity contribution in [1.82, 2.24) is 4.90 Å². The molecule has 1 aromatic carbocycles. The molecule has 0 saturated carbocycles. The van der Waals surface area contributed by atoms with E-state index in [4.69, 9.17) is 5.73 Å². The van der Waals surface area contributed by atoms with E-state index in [1.165, 1.54) is 12.1 Å². The van der Waals surface area contributed by atoms with Gasteiger partial charge in [0.1, 0.15) is 0 Å². The van der Waals surface area contributed by atoms with Gasteiger partial charge in [-0.3, -0.25) is 4.90 Å². The fourth-order valence-electron chi connectivity index (χ4n) is 2.04. The Balaban J connectivity index is 2.13. The molecule has 15 heavy (non-hydrogen) atoms. The van der Waals surface area contributed by atoms with E-state index in [1.807, 2.05) is 0 Å². The smallest absolute Gasteiger partial charge is 0.159 e. The van der Waals surface area contributed by atoms with Crippen molar-refractivity contribution in [1.29, 1.82) is 0 Å². The van der Waals surface area contributed by atoms with Gasteiger partial charge in [-0.1, -0.05) is 6.07 Å². The normalized spacial score (nSPS) is 22.2. The molecule has 2 N–H and O–H groups in total. The van der Waals surface area contributed by atoms with Crippen molar-refractivity contribution in [3.8, 4) is 0 Å². The minimum absolute atomic E-state index is 0.281. The van der Waals surface area contributed by atoms with Crippen LogP contribution in [-0.4, -0.2) is 24.7 Å². The first-order valence-corrected chi connectivity index (χ1v) is 5.08. The van der Waals surface area contributed by atoms with Crippen LogP contribution in [0.15, 0.2) is 18.2 Å². The summed E-state index contributed by atoms with van der Waals surface area (Å²) in [6.45, 7) is 2.29. The zero-order valence-electron chi connectivity index (χ0n) is 8.42. The second kappa shape index (κ2) is 4.24. The van der Waals surface area contributed by atoms with Crippen molar-refractivity contribution in [2.75, 3.05) is 19.8 Å². The summed E-state index contributed by atoms with van der Waals surface area (Å²) in [6, 6.07) is 4.14. The molecule has 1 heterocycles. The van der Waals surface area contributed by atoms with Gasteiger partial charge < -0.3 is 5.73 Å². The van der Waals surface area contributed by atoms with Gasteiger partial charge in [0, 0.05) is 19.8 Å². The van der Waals surface area contributed by atoms with E-state index in [2.05, 4.69) is 4.90 Å². The molecule has 1 saturated heterocycles. The standard InChI is InChI=1S/C11H14F2N2/c12-10-2-1-8(5-11(10)13)9-3-4-15(6-9)7-14/h1-2,5,9H,3-4,6-7,14H2. The molecular weight excluding hydrogens is 198 g/mol. The molecule has 1 unspecified atom stereocenters. The molecule has 2 nitrogen and oxygen atoms in total. The minimum atomic E-state index is -0.785. The van der Waals surface area contributed by atoms with E-state index in [0.29, 0.717) is 6.67 Å². The number of nitrogens with two attached hydrogens (primary N) is 1. The van der Waals surface area contributed by atoms with Crippen LogP contribution in [-0.2, 0) is 0 Å².